The van der Waals surface area contributed by atoms with E-state index in [1.54, 1.807) is 14.2 Å². The summed E-state index contributed by atoms with van der Waals surface area (Å²) in [7, 11) is 3.29. The van der Waals surface area contributed by atoms with Crippen LogP contribution in [-0.4, -0.2) is 40.3 Å². The van der Waals surface area contributed by atoms with Gasteiger partial charge in [-0.15, -0.1) is 0 Å². The quantitative estimate of drug-likeness (QED) is 0.842. The molecular formula is C19H17NO5. The van der Waals surface area contributed by atoms with Crippen LogP contribution in [0.3, 0.4) is 0 Å². The molecule has 3 aliphatic rings. The number of nitrogens with zero attached hydrogens (tertiary/aromatic N) is 1. The molecule has 0 saturated carbocycles. The van der Waals surface area contributed by atoms with Crippen LogP contribution in [0.4, 0.5) is 5.69 Å². The van der Waals surface area contributed by atoms with Crippen LogP contribution in [0.1, 0.15) is 11.1 Å². The van der Waals surface area contributed by atoms with Gasteiger partial charge in [-0.3, -0.25) is 4.99 Å². The monoisotopic (exact) mass is 339 g/mol. The molecule has 0 aromatic heterocycles. The zero-order valence-corrected chi connectivity index (χ0v) is 14.0. The Balaban J connectivity index is 1.72. The van der Waals surface area contributed by atoms with Crippen molar-refractivity contribution < 1.29 is 23.7 Å². The average Bonchev–Trinajstić information content (AvgIpc) is 3.21. The van der Waals surface area contributed by atoms with Gasteiger partial charge in [-0.2, -0.15) is 0 Å². The Kier molecular flexibility index (Phi) is 2.92. The molecule has 6 heteroatoms. The fraction of sp³-hybridized carbons (Fsp3) is 0.316. The highest BCUT2D eigenvalue weighted by Gasteiger charge is 2.48. The summed E-state index contributed by atoms with van der Waals surface area (Å²) in [5.74, 6) is 3.70. The van der Waals surface area contributed by atoms with Crippen LogP contribution in [0, 0.1) is 0 Å². The van der Waals surface area contributed by atoms with Crippen LogP contribution in [0.5, 0.6) is 28.7 Å². The first-order valence-electron chi connectivity index (χ1n) is 8.14. The summed E-state index contributed by atoms with van der Waals surface area (Å²) >= 11 is 0. The summed E-state index contributed by atoms with van der Waals surface area (Å²) in [6.07, 6.45) is 1.93. The van der Waals surface area contributed by atoms with Crippen LogP contribution in [0.2, 0.25) is 0 Å². The van der Waals surface area contributed by atoms with E-state index in [0.717, 1.165) is 39.8 Å². The molecule has 0 N–H and O–H groups in total. The molecule has 3 heterocycles. The molecular weight excluding hydrogens is 322 g/mol. The Morgan fingerprint density at radius 3 is 2.48 bits per heavy atom. The van der Waals surface area contributed by atoms with Crippen molar-refractivity contribution in [2.75, 3.05) is 34.0 Å². The average molecular weight is 339 g/mol. The van der Waals surface area contributed by atoms with Gasteiger partial charge in [0.15, 0.2) is 11.5 Å². The standard InChI is InChI=1S/C19H17NO5/c1-21-11-5-13-18(17(6-11)22-2)19(9-20-13)10-25-14-8-16-15(7-12(14)19)23-3-4-24-16/h5-9H,3-4,10H2,1-2H3. The predicted molar refractivity (Wildman–Crippen MR) is 91.4 cm³/mol. The van der Waals surface area contributed by atoms with E-state index >= 15 is 0 Å². The second-order valence-electron chi connectivity index (χ2n) is 6.23. The summed E-state index contributed by atoms with van der Waals surface area (Å²) in [4.78, 5) is 4.63. The Morgan fingerprint density at radius 1 is 0.920 bits per heavy atom. The van der Waals surface area contributed by atoms with Gasteiger partial charge in [0.1, 0.15) is 37.1 Å². The van der Waals surface area contributed by atoms with E-state index in [4.69, 9.17) is 23.7 Å². The molecule has 1 atom stereocenters. The van der Waals surface area contributed by atoms with E-state index in [1.165, 1.54) is 0 Å². The van der Waals surface area contributed by atoms with Crippen molar-refractivity contribution in [3.8, 4) is 28.7 Å². The van der Waals surface area contributed by atoms with E-state index in [0.29, 0.717) is 25.6 Å². The van der Waals surface area contributed by atoms with Crippen molar-refractivity contribution in [1.29, 1.82) is 0 Å². The zero-order chi connectivity index (χ0) is 17.0. The topological polar surface area (TPSA) is 58.5 Å². The number of hydrogen-bond donors (Lipinski definition) is 0. The Bertz CT molecular complexity index is 907. The maximum absolute atomic E-state index is 6.00. The van der Waals surface area contributed by atoms with Gasteiger partial charge in [-0.25, -0.2) is 0 Å². The largest absolute Gasteiger partial charge is 0.497 e. The van der Waals surface area contributed by atoms with E-state index < -0.39 is 5.41 Å². The SMILES string of the molecule is COc1cc2c(c(OC)c1)C1(C=N2)COc2cc3c(cc21)OCCO3. The maximum Gasteiger partial charge on any atom is 0.165 e. The second-order valence-corrected chi connectivity index (χ2v) is 6.23. The van der Waals surface area contributed by atoms with E-state index in [9.17, 15) is 0 Å². The van der Waals surface area contributed by atoms with Crippen LogP contribution in [0.15, 0.2) is 29.3 Å². The summed E-state index contributed by atoms with van der Waals surface area (Å²) < 4.78 is 28.4. The number of fused-ring (bicyclic) bond motifs is 5. The minimum absolute atomic E-state index is 0.463. The van der Waals surface area contributed by atoms with Crippen LogP contribution in [0.25, 0.3) is 0 Å². The molecule has 0 amide bonds. The van der Waals surface area contributed by atoms with E-state index in [2.05, 4.69) is 4.99 Å². The Labute approximate surface area is 144 Å². The lowest BCUT2D eigenvalue weighted by Crippen LogP contribution is -2.29. The highest BCUT2D eigenvalue weighted by atomic mass is 16.6. The van der Waals surface area contributed by atoms with Crippen LogP contribution in [-0.2, 0) is 5.41 Å². The first-order valence-corrected chi connectivity index (χ1v) is 8.14. The lowest BCUT2D eigenvalue weighted by Gasteiger charge is -2.25. The van der Waals surface area contributed by atoms with Crippen molar-refractivity contribution in [1.82, 2.24) is 0 Å². The Morgan fingerprint density at radius 2 is 1.72 bits per heavy atom. The van der Waals surface area contributed by atoms with Gasteiger partial charge in [0.05, 0.1) is 25.3 Å². The fourth-order valence-corrected chi connectivity index (χ4v) is 3.77. The van der Waals surface area contributed by atoms with Crippen molar-refractivity contribution in [2.24, 2.45) is 4.99 Å². The lowest BCUT2D eigenvalue weighted by atomic mass is 9.77. The fourth-order valence-electron chi connectivity index (χ4n) is 3.77. The molecule has 0 aliphatic carbocycles. The third kappa shape index (κ3) is 1.88. The molecule has 2 aromatic rings. The molecule has 25 heavy (non-hydrogen) atoms. The predicted octanol–water partition coefficient (Wildman–Crippen LogP) is 2.87. The number of benzene rings is 2. The molecule has 1 unspecified atom stereocenters. The summed E-state index contributed by atoms with van der Waals surface area (Å²) in [5, 5.41) is 0. The van der Waals surface area contributed by atoms with Crippen molar-refractivity contribution in [2.45, 2.75) is 5.41 Å². The van der Waals surface area contributed by atoms with Crippen molar-refractivity contribution >= 4 is 11.9 Å². The molecule has 6 nitrogen and oxygen atoms in total. The van der Waals surface area contributed by atoms with Gasteiger partial charge in [-0.05, 0) is 6.07 Å². The lowest BCUT2D eigenvalue weighted by molar-refractivity contribution is 0.171. The van der Waals surface area contributed by atoms with Crippen LogP contribution >= 0.6 is 0 Å². The third-order valence-corrected chi connectivity index (χ3v) is 4.96. The summed E-state index contributed by atoms with van der Waals surface area (Å²) in [5.41, 5.74) is 2.36. The minimum atomic E-state index is -0.488. The van der Waals surface area contributed by atoms with E-state index in [1.807, 2.05) is 30.5 Å². The number of ether oxygens (including phenoxy) is 5. The minimum Gasteiger partial charge on any atom is -0.497 e. The third-order valence-electron chi connectivity index (χ3n) is 4.96. The molecule has 0 radical (unpaired) electrons. The zero-order valence-electron chi connectivity index (χ0n) is 14.0. The summed E-state index contributed by atoms with van der Waals surface area (Å²) in [6, 6.07) is 7.70. The molecule has 5 rings (SSSR count). The number of methoxy groups -OCH3 is 2. The van der Waals surface area contributed by atoms with Gasteiger partial charge < -0.3 is 23.7 Å². The number of aliphatic imine (C=N–C) groups is 1. The van der Waals surface area contributed by atoms with Gasteiger partial charge in [-0.1, -0.05) is 0 Å². The van der Waals surface area contributed by atoms with Gasteiger partial charge >= 0.3 is 0 Å². The van der Waals surface area contributed by atoms with Gasteiger partial charge in [0.2, 0.25) is 0 Å². The molecule has 3 aliphatic heterocycles. The van der Waals surface area contributed by atoms with Crippen molar-refractivity contribution in [3.63, 3.8) is 0 Å². The highest BCUT2D eigenvalue weighted by Crippen LogP contribution is 2.55. The first-order chi connectivity index (χ1) is 12.2. The molecule has 1 spiro atoms. The van der Waals surface area contributed by atoms with Gasteiger partial charge in [0.25, 0.3) is 0 Å². The molecule has 128 valence electrons. The second kappa shape index (κ2) is 5.05. The van der Waals surface area contributed by atoms with Crippen LogP contribution < -0.4 is 23.7 Å². The Hall–Kier alpha value is -2.89. The number of rotatable bonds is 2. The smallest absolute Gasteiger partial charge is 0.165 e. The molecule has 2 aromatic carbocycles. The van der Waals surface area contributed by atoms with Crippen molar-refractivity contribution in [3.05, 3.63) is 35.4 Å². The molecule has 0 fully saturated rings. The molecule has 0 saturated heterocycles. The highest BCUT2D eigenvalue weighted by molar-refractivity contribution is 5.93. The first kappa shape index (κ1) is 14.5. The summed E-state index contributed by atoms with van der Waals surface area (Å²) in [6.45, 7) is 1.56. The number of hydrogen-bond acceptors (Lipinski definition) is 6. The molecule has 0 bridgehead atoms. The van der Waals surface area contributed by atoms with E-state index in [-0.39, 0.29) is 0 Å². The van der Waals surface area contributed by atoms with Gasteiger partial charge in [0, 0.05) is 35.5 Å². The normalized spacial score (nSPS) is 21.7. The maximum atomic E-state index is 6.00.